The Morgan fingerprint density at radius 1 is 1.24 bits per heavy atom. The van der Waals surface area contributed by atoms with Crippen LogP contribution in [0.4, 0.5) is 0 Å². The number of rotatable bonds is 9. The lowest BCUT2D eigenvalue weighted by molar-refractivity contribution is -0.189. The highest BCUT2D eigenvalue weighted by Crippen LogP contribution is 2.33. The number of nitrogens with zero attached hydrogens (tertiary/aromatic N) is 1. The lowest BCUT2D eigenvalue weighted by Crippen LogP contribution is -2.73. The zero-order valence-corrected chi connectivity index (χ0v) is 20.5. The number of benzene rings is 1. The highest BCUT2D eigenvalue weighted by molar-refractivity contribution is 8.00. The maximum atomic E-state index is 12.8. The molecule has 2 saturated heterocycles. The van der Waals surface area contributed by atoms with Crippen molar-refractivity contribution in [2.24, 2.45) is 0 Å². The number of aliphatic hydroxyl groups excluding tert-OH is 1. The van der Waals surface area contributed by atoms with Crippen molar-refractivity contribution in [1.82, 2.24) is 10.2 Å². The van der Waals surface area contributed by atoms with E-state index in [2.05, 4.69) is 5.32 Å². The summed E-state index contributed by atoms with van der Waals surface area (Å²) in [5.74, 6) is -2.06. The van der Waals surface area contributed by atoms with E-state index in [1.165, 1.54) is 0 Å². The van der Waals surface area contributed by atoms with Gasteiger partial charge in [0.1, 0.15) is 23.1 Å². The Kier molecular flexibility index (Phi) is 8.72. The normalized spacial score (nSPS) is 23.6. The summed E-state index contributed by atoms with van der Waals surface area (Å²) in [7, 11) is 0. The first kappa shape index (κ1) is 26.2. The molecule has 3 rings (SSSR count). The number of thioether (sulfide) groups is 1. The zero-order valence-electron chi connectivity index (χ0n) is 19.7. The van der Waals surface area contributed by atoms with Gasteiger partial charge in [0.2, 0.25) is 12.1 Å². The number of ether oxygens (including phenoxy) is 2. The first-order valence-electron chi connectivity index (χ1n) is 11.4. The Morgan fingerprint density at radius 3 is 2.56 bits per heavy atom. The van der Waals surface area contributed by atoms with Crippen molar-refractivity contribution in [3.63, 3.8) is 0 Å². The summed E-state index contributed by atoms with van der Waals surface area (Å²) in [6.45, 7) is 5.48. The smallest absolute Gasteiger partial charge is 0.357 e. The summed E-state index contributed by atoms with van der Waals surface area (Å²) in [5.41, 5.74) is -0.0714. The topological polar surface area (TPSA) is 122 Å². The number of β-lactam (4-membered cyclic amide) rings is 1. The third-order valence-electron chi connectivity index (χ3n) is 5.42. The van der Waals surface area contributed by atoms with Crippen LogP contribution in [-0.4, -0.2) is 75.3 Å². The van der Waals surface area contributed by atoms with Crippen molar-refractivity contribution in [3.8, 4) is 0 Å². The van der Waals surface area contributed by atoms with Crippen LogP contribution in [0.25, 0.3) is 0 Å². The number of Topliss-reactive ketones (excluding diaryl/α,β-unsaturated/α-hetero) is 1. The molecule has 0 spiro atoms. The maximum Gasteiger partial charge on any atom is 0.357 e. The fourth-order valence-electron chi connectivity index (χ4n) is 3.78. The second-order valence-corrected chi connectivity index (χ2v) is 10.5. The molecule has 1 aromatic carbocycles. The second-order valence-electron chi connectivity index (χ2n) is 9.38. The van der Waals surface area contributed by atoms with E-state index in [-0.39, 0.29) is 23.9 Å². The number of hydrogen-bond donors (Lipinski definition) is 2. The molecule has 10 heteroatoms. The summed E-state index contributed by atoms with van der Waals surface area (Å²) in [4.78, 5) is 51.3. The van der Waals surface area contributed by atoms with E-state index in [1.54, 1.807) is 32.9 Å². The molecule has 2 heterocycles. The van der Waals surface area contributed by atoms with E-state index >= 15 is 0 Å². The molecule has 0 aromatic heterocycles. The molecule has 0 radical (unpaired) electrons. The van der Waals surface area contributed by atoms with Crippen LogP contribution in [0.5, 0.6) is 0 Å². The van der Waals surface area contributed by atoms with Crippen molar-refractivity contribution < 1.29 is 33.8 Å². The minimum absolute atomic E-state index is 0.0191. The fourth-order valence-corrected chi connectivity index (χ4v) is 5.06. The maximum absolute atomic E-state index is 12.8. The highest BCUT2D eigenvalue weighted by Gasteiger charge is 2.53. The Morgan fingerprint density at radius 2 is 1.94 bits per heavy atom. The predicted molar refractivity (Wildman–Crippen MR) is 126 cm³/mol. The average molecular weight is 493 g/mol. The van der Waals surface area contributed by atoms with Crippen molar-refractivity contribution in [1.29, 1.82) is 0 Å². The number of carbonyl (C=O) groups is 4. The predicted octanol–water partition coefficient (Wildman–Crippen LogP) is 1.41. The van der Waals surface area contributed by atoms with Crippen LogP contribution in [-0.2, 0) is 35.1 Å². The van der Waals surface area contributed by atoms with E-state index in [4.69, 9.17) is 9.47 Å². The van der Waals surface area contributed by atoms with Gasteiger partial charge in [0.15, 0.2) is 5.78 Å². The molecule has 34 heavy (non-hydrogen) atoms. The van der Waals surface area contributed by atoms with Gasteiger partial charge in [-0.15, -0.1) is 11.8 Å². The van der Waals surface area contributed by atoms with E-state index in [9.17, 15) is 24.3 Å². The molecule has 0 bridgehead atoms. The molecule has 2 N–H and O–H groups in total. The van der Waals surface area contributed by atoms with E-state index < -0.39 is 41.2 Å². The SMILES string of the molecule is CC(C)(C)OC(=O)C(O)N1C(=O)[C@@H](NC(=O)Cc2ccccc2)[C@H]1SCC(=O)[C@H]1CCCCO1. The van der Waals surface area contributed by atoms with Gasteiger partial charge in [-0.2, -0.15) is 0 Å². The van der Waals surface area contributed by atoms with Crippen LogP contribution < -0.4 is 5.32 Å². The summed E-state index contributed by atoms with van der Waals surface area (Å²) in [5, 5.41) is 12.4. The van der Waals surface area contributed by atoms with Gasteiger partial charge in [-0.05, 0) is 45.6 Å². The first-order valence-corrected chi connectivity index (χ1v) is 12.4. The molecule has 186 valence electrons. The molecular weight excluding hydrogens is 460 g/mol. The first-order chi connectivity index (χ1) is 16.1. The van der Waals surface area contributed by atoms with Crippen molar-refractivity contribution in [2.75, 3.05) is 12.4 Å². The van der Waals surface area contributed by atoms with Crippen molar-refractivity contribution >= 4 is 35.3 Å². The van der Waals surface area contributed by atoms with Crippen molar-refractivity contribution in [3.05, 3.63) is 35.9 Å². The molecule has 2 amide bonds. The van der Waals surface area contributed by atoms with Crippen LogP contribution in [0.3, 0.4) is 0 Å². The zero-order chi connectivity index (χ0) is 24.9. The number of likely N-dealkylation sites (tertiary alicyclic amines) is 1. The third-order valence-corrected chi connectivity index (χ3v) is 6.71. The summed E-state index contributed by atoms with van der Waals surface area (Å²) < 4.78 is 10.7. The van der Waals surface area contributed by atoms with Crippen LogP contribution in [0.2, 0.25) is 0 Å². The average Bonchev–Trinajstić information content (AvgIpc) is 2.79. The van der Waals surface area contributed by atoms with Gasteiger partial charge in [0, 0.05) is 6.61 Å². The van der Waals surface area contributed by atoms with Crippen LogP contribution in [0.1, 0.15) is 45.6 Å². The minimum Gasteiger partial charge on any atom is -0.457 e. The van der Waals surface area contributed by atoms with E-state index in [0.29, 0.717) is 13.0 Å². The van der Waals surface area contributed by atoms with E-state index in [0.717, 1.165) is 35.1 Å². The number of ketones is 1. The number of aliphatic hydroxyl groups is 1. The summed E-state index contributed by atoms with van der Waals surface area (Å²) in [6, 6.07) is 8.10. The Labute approximate surface area is 203 Å². The molecule has 2 aliphatic heterocycles. The second kappa shape index (κ2) is 11.3. The number of amides is 2. The number of carbonyl (C=O) groups excluding carboxylic acids is 4. The molecule has 0 saturated carbocycles. The van der Waals surface area contributed by atoms with Gasteiger partial charge in [0.25, 0.3) is 5.91 Å². The molecule has 9 nitrogen and oxygen atoms in total. The summed E-state index contributed by atoms with van der Waals surface area (Å²) in [6.07, 6.45) is 0.208. The number of hydrogen-bond acceptors (Lipinski definition) is 8. The number of esters is 1. The lowest BCUT2D eigenvalue weighted by atomic mass is 10.1. The summed E-state index contributed by atoms with van der Waals surface area (Å²) >= 11 is 1.09. The van der Waals surface area contributed by atoms with Gasteiger partial charge in [0.05, 0.1) is 12.2 Å². The molecular formula is C24H32N2O7S. The Bertz CT molecular complexity index is 896. The van der Waals surface area contributed by atoms with Crippen LogP contribution in [0, 0.1) is 0 Å². The van der Waals surface area contributed by atoms with Crippen LogP contribution >= 0.6 is 11.8 Å². The molecule has 1 aromatic rings. The molecule has 1 unspecified atom stereocenters. The molecule has 2 aliphatic rings. The minimum atomic E-state index is -1.84. The van der Waals surface area contributed by atoms with Crippen LogP contribution in [0.15, 0.2) is 30.3 Å². The Balaban J connectivity index is 1.67. The monoisotopic (exact) mass is 492 g/mol. The van der Waals surface area contributed by atoms with Gasteiger partial charge in [-0.25, -0.2) is 4.79 Å². The largest absolute Gasteiger partial charge is 0.457 e. The van der Waals surface area contributed by atoms with E-state index in [1.807, 2.05) is 18.2 Å². The third kappa shape index (κ3) is 6.80. The highest BCUT2D eigenvalue weighted by atomic mass is 32.2. The lowest BCUT2D eigenvalue weighted by Gasteiger charge is -2.48. The Hall–Kier alpha value is -2.43. The number of nitrogens with one attached hydrogen (secondary N) is 1. The molecule has 0 aliphatic carbocycles. The van der Waals surface area contributed by atoms with Gasteiger partial charge < -0.3 is 19.9 Å². The molecule has 2 fully saturated rings. The van der Waals surface area contributed by atoms with Gasteiger partial charge in [-0.1, -0.05) is 30.3 Å². The molecule has 4 atom stereocenters. The van der Waals surface area contributed by atoms with Gasteiger partial charge in [-0.3, -0.25) is 19.3 Å². The fraction of sp³-hybridized carbons (Fsp3) is 0.583. The quantitative estimate of drug-likeness (QED) is 0.392. The van der Waals surface area contributed by atoms with Gasteiger partial charge >= 0.3 is 5.97 Å². The standard InChI is InChI=1S/C24H32N2O7S/c1-24(2,3)33-23(31)21(30)26-20(29)19(25-18(28)13-15-9-5-4-6-10-15)22(26)34-14-16(27)17-11-7-8-12-32-17/h4-6,9-10,17,19,21-22,30H,7-8,11-14H2,1-3H3,(H,25,28)/t17-,19-,21?,22-/m1/s1. The van der Waals surface area contributed by atoms with Crippen molar-refractivity contribution in [2.45, 2.75) is 75.8 Å².